The SMILES string of the molecule is CNC(=O)c1ccc(C)c(NC(=O)CCCn2cnc3ccccc3c2=O)c1. The standard InChI is InChI=1S/C21H22N4O3/c1-14-9-10-15(20(27)22-2)12-18(14)24-19(26)8-5-11-25-13-23-17-7-4-3-6-16(17)21(25)28/h3-4,6-7,9-10,12-13H,5,8,11H2,1-2H3,(H,22,27)(H,24,26). The summed E-state index contributed by atoms with van der Waals surface area (Å²) >= 11 is 0. The second-order valence-corrected chi connectivity index (χ2v) is 6.52. The molecule has 0 atom stereocenters. The Morgan fingerprint density at radius 2 is 1.93 bits per heavy atom. The van der Waals surface area contributed by atoms with Gasteiger partial charge in [-0.1, -0.05) is 18.2 Å². The number of hydrogen-bond donors (Lipinski definition) is 2. The van der Waals surface area contributed by atoms with Crippen LogP contribution in [0.4, 0.5) is 5.69 Å². The number of nitrogens with zero attached hydrogens (tertiary/aromatic N) is 2. The third-order valence-corrected chi connectivity index (χ3v) is 4.54. The zero-order valence-electron chi connectivity index (χ0n) is 15.9. The molecule has 0 unspecified atom stereocenters. The molecule has 0 saturated heterocycles. The molecule has 0 radical (unpaired) electrons. The van der Waals surface area contributed by atoms with Crippen LogP contribution >= 0.6 is 0 Å². The Bertz CT molecular complexity index is 1090. The highest BCUT2D eigenvalue weighted by molar-refractivity contribution is 5.97. The van der Waals surface area contributed by atoms with Crippen molar-refractivity contribution in [3.05, 3.63) is 70.3 Å². The van der Waals surface area contributed by atoms with Crippen molar-refractivity contribution < 1.29 is 9.59 Å². The maximum atomic E-state index is 12.5. The number of para-hydroxylation sites is 1. The van der Waals surface area contributed by atoms with Crippen LogP contribution in [-0.2, 0) is 11.3 Å². The number of carbonyl (C=O) groups is 2. The normalized spacial score (nSPS) is 10.6. The molecule has 144 valence electrons. The Morgan fingerprint density at radius 3 is 2.71 bits per heavy atom. The van der Waals surface area contributed by atoms with E-state index in [0.717, 1.165) is 5.56 Å². The molecule has 3 aromatic rings. The van der Waals surface area contributed by atoms with Crippen LogP contribution in [0.1, 0.15) is 28.8 Å². The summed E-state index contributed by atoms with van der Waals surface area (Å²) in [6.07, 6.45) is 2.27. The van der Waals surface area contributed by atoms with Crippen molar-refractivity contribution in [1.29, 1.82) is 0 Å². The molecule has 0 fully saturated rings. The average Bonchev–Trinajstić information content (AvgIpc) is 2.71. The quantitative estimate of drug-likeness (QED) is 0.689. The van der Waals surface area contributed by atoms with Gasteiger partial charge in [-0.25, -0.2) is 4.98 Å². The minimum Gasteiger partial charge on any atom is -0.355 e. The fraction of sp³-hybridized carbons (Fsp3) is 0.238. The number of amides is 2. The van der Waals surface area contributed by atoms with Gasteiger partial charge in [-0.05, 0) is 43.2 Å². The van der Waals surface area contributed by atoms with E-state index in [2.05, 4.69) is 15.6 Å². The van der Waals surface area contributed by atoms with Crippen molar-refractivity contribution in [2.24, 2.45) is 0 Å². The summed E-state index contributed by atoms with van der Waals surface area (Å²) in [7, 11) is 1.56. The third-order valence-electron chi connectivity index (χ3n) is 4.54. The fourth-order valence-electron chi connectivity index (χ4n) is 2.93. The topological polar surface area (TPSA) is 93.1 Å². The minimum absolute atomic E-state index is 0.111. The van der Waals surface area contributed by atoms with E-state index in [1.165, 1.54) is 10.9 Å². The number of benzene rings is 2. The predicted molar refractivity (Wildman–Crippen MR) is 108 cm³/mol. The van der Waals surface area contributed by atoms with E-state index in [-0.39, 0.29) is 23.8 Å². The van der Waals surface area contributed by atoms with Gasteiger partial charge in [0.15, 0.2) is 0 Å². The first-order valence-corrected chi connectivity index (χ1v) is 9.06. The van der Waals surface area contributed by atoms with Crippen LogP contribution in [0.2, 0.25) is 0 Å². The lowest BCUT2D eigenvalue weighted by atomic mass is 10.1. The summed E-state index contributed by atoms with van der Waals surface area (Å²) in [4.78, 5) is 40.8. The third kappa shape index (κ3) is 4.25. The number of carbonyl (C=O) groups excluding carboxylic acids is 2. The van der Waals surface area contributed by atoms with E-state index in [4.69, 9.17) is 0 Å². The van der Waals surface area contributed by atoms with E-state index in [9.17, 15) is 14.4 Å². The van der Waals surface area contributed by atoms with Crippen LogP contribution in [0.15, 0.2) is 53.6 Å². The molecule has 7 heteroatoms. The van der Waals surface area contributed by atoms with Crippen molar-refractivity contribution in [2.45, 2.75) is 26.3 Å². The van der Waals surface area contributed by atoms with Crippen LogP contribution < -0.4 is 16.2 Å². The van der Waals surface area contributed by atoms with Gasteiger partial charge in [0, 0.05) is 31.3 Å². The summed E-state index contributed by atoms with van der Waals surface area (Å²) in [5.41, 5.74) is 2.51. The first-order valence-electron chi connectivity index (χ1n) is 9.06. The molecule has 2 N–H and O–H groups in total. The monoisotopic (exact) mass is 378 g/mol. The number of rotatable bonds is 6. The second kappa shape index (κ2) is 8.47. The van der Waals surface area contributed by atoms with Crippen LogP contribution in [0.5, 0.6) is 0 Å². The molecular weight excluding hydrogens is 356 g/mol. The van der Waals surface area contributed by atoms with Gasteiger partial charge in [-0.2, -0.15) is 0 Å². The Labute approximate surface area is 162 Å². The molecule has 0 saturated carbocycles. The maximum Gasteiger partial charge on any atom is 0.261 e. The lowest BCUT2D eigenvalue weighted by Crippen LogP contribution is -2.22. The number of fused-ring (bicyclic) bond motifs is 1. The molecule has 3 rings (SSSR count). The maximum absolute atomic E-state index is 12.5. The zero-order chi connectivity index (χ0) is 20.1. The molecule has 7 nitrogen and oxygen atoms in total. The number of aryl methyl sites for hydroxylation is 2. The molecular formula is C21H22N4O3. The molecule has 2 aromatic carbocycles. The Morgan fingerprint density at radius 1 is 1.14 bits per heavy atom. The average molecular weight is 378 g/mol. The molecule has 28 heavy (non-hydrogen) atoms. The van der Waals surface area contributed by atoms with Crippen molar-refractivity contribution in [3.8, 4) is 0 Å². The summed E-state index contributed by atoms with van der Waals surface area (Å²) in [5, 5.41) is 5.97. The molecule has 0 aliphatic carbocycles. The Hall–Kier alpha value is -3.48. The van der Waals surface area contributed by atoms with Gasteiger partial charge in [-0.3, -0.25) is 19.0 Å². The lowest BCUT2D eigenvalue weighted by molar-refractivity contribution is -0.116. The smallest absolute Gasteiger partial charge is 0.261 e. The van der Waals surface area contributed by atoms with Gasteiger partial charge < -0.3 is 10.6 Å². The van der Waals surface area contributed by atoms with E-state index in [1.54, 1.807) is 43.4 Å². The van der Waals surface area contributed by atoms with Crippen molar-refractivity contribution in [3.63, 3.8) is 0 Å². The van der Waals surface area contributed by atoms with Crippen molar-refractivity contribution >= 4 is 28.4 Å². The highest BCUT2D eigenvalue weighted by Gasteiger charge is 2.10. The molecule has 1 heterocycles. The highest BCUT2D eigenvalue weighted by Crippen LogP contribution is 2.17. The van der Waals surface area contributed by atoms with Crippen LogP contribution in [0.25, 0.3) is 10.9 Å². The van der Waals surface area contributed by atoms with Gasteiger partial charge in [0.05, 0.1) is 17.2 Å². The van der Waals surface area contributed by atoms with Gasteiger partial charge in [0.25, 0.3) is 11.5 Å². The first-order chi connectivity index (χ1) is 13.5. The molecule has 0 bridgehead atoms. The summed E-state index contributed by atoms with van der Waals surface area (Å²) in [6, 6.07) is 12.3. The van der Waals surface area contributed by atoms with Gasteiger partial charge in [0.2, 0.25) is 5.91 Å². The number of hydrogen-bond acceptors (Lipinski definition) is 4. The Balaban J connectivity index is 1.62. The number of nitrogens with one attached hydrogen (secondary N) is 2. The van der Waals surface area contributed by atoms with Gasteiger partial charge >= 0.3 is 0 Å². The number of anilines is 1. The largest absolute Gasteiger partial charge is 0.355 e. The second-order valence-electron chi connectivity index (χ2n) is 6.52. The summed E-state index contributed by atoms with van der Waals surface area (Å²) < 4.78 is 1.52. The van der Waals surface area contributed by atoms with E-state index in [1.807, 2.05) is 13.0 Å². The molecule has 0 aliphatic rings. The van der Waals surface area contributed by atoms with Gasteiger partial charge in [0.1, 0.15) is 0 Å². The molecule has 0 spiro atoms. The molecule has 1 aromatic heterocycles. The van der Waals surface area contributed by atoms with E-state index < -0.39 is 0 Å². The van der Waals surface area contributed by atoms with Crippen molar-refractivity contribution in [1.82, 2.24) is 14.9 Å². The summed E-state index contributed by atoms with van der Waals surface area (Å²) in [5.74, 6) is -0.377. The van der Waals surface area contributed by atoms with Crippen LogP contribution in [0.3, 0.4) is 0 Å². The van der Waals surface area contributed by atoms with E-state index >= 15 is 0 Å². The van der Waals surface area contributed by atoms with Crippen molar-refractivity contribution in [2.75, 3.05) is 12.4 Å². The lowest BCUT2D eigenvalue weighted by Gasteiger charge is -2.11. The van der Waals surface area contributed by atoms with Gasteiger partial charge in [-0.15, -0.1) is 0 Å². The fourth-order valence-corrected chi connectivity index (χ4v) is 2.93. The van der Waals surface area contributed by atoms with E-state index in [0.29, 0.717) is 35.1 Å². The first kappa shape index (κ1) is 19.3. The molecule has 0 aliphatic heterocycles. The highest BCUT2D eigenvalue weighted by atomic mass is 16.2. The predicted octanol–water partition coefficient (Wildman–Crippen LogP) is 2.48. The minimum atomic E-state index is -0.210. The van der Waals surface area contributed by atoms with Crippen LogP contribution in [0, 0.1) is 6.92 Å². The molecule has 2 amide bonds. The van der Waals surface area contributed by atoms with Crippen LogP contribution in [-0.4, -0.2) is 28.4 Å². The number of aromatic nitrogens is 2. The summed E-state index contributed by atoms with van der Waals surface area (Å²) in [6.45, 7) is 2.27. The zero-order valence-corrected chi connectivity index (χ0v) is 15.9. The Kier molecular flexibility index (Phi) is 5.84.